The fourth-order valence-electron chi connectivity index (χ4n) is 5.30. The summed E-state index contributed by atoms with van der Waals surface area (Å²) in [6.45, 7) is 6.46. The Balaban J connectivity index is 2.06. The first-order chi connectivity index (χ1) is 15.1. The second kappa shape index (κ2) is 9.27. The van der Waals surface area contributed by atoms with Crippen LogP contribution < -0.4 is 5.43 Å². The number of aryl methyl sites for hydroxylation is 2. The molecule has 0 aliphatic heterocycles. The molecule has 0 amide bonds. The quantitative estimate of drug-likeness (QED) is 0.388. The first-order valence-corrected chi connectivity index (χ1v) is 11.4. The van der Waals surface area contributed by atoms with E-state index in [4.69, 9.17) is 4.98 Å². The molecular weight excluding hydrogens is 386 g/mol. The van der Waals surface area contributed by atoms with Crippen LogP contribution in [0.5, 0.6) is 0 Å². The molecule has 1 saturated carbocycles. The lowest BCUT2D eigenvalue weighted by atomic mass is 9.77. The zero-order valence-electron chi connectivity index (χ0n) is 18.7. The first-order valence-electron chi connectivity index (χ1n) is 11.4. The van der Waals surface area contributed by atoms with Crippen molar-refractivity contribution in [1.82, 2.24) is 15.4 Å². The molecule has 0 radical (unpaired) electrons. The molecule has 2 aliphatic carbocycles. The van der Waals surface area contributed by atoms with E-state index in [1.165, 1.54) is 23.2 Å². The van der Waals surface area contributed by atoms with Gasteiger partial charge in [0, 0.05) is 28.6 Å². The van der Waals surface area contributed by atoms with Gasteiger partial charge in [0.25, 0.3) is 0 Å². The van der Waals surface area contributed by atoms with Crippen molar-refractivity contribution < 1.29 is 5.11 Å². The highest BCUT2D eigenvalue weighted by molar-refractivity contribution is 5.84. The van der Waals surface area contributed by atoms with Crippen molar-refractivity contribution in [3.8, 4) is 11.1 Å². The third-order valence-corrected chi connectivity index (χ3v) is 6.86. The van der Waals surface area contributed by atoms with Crippen LogP contribution in [0.3, 0.4) is 0 Å². The number of aliphatic hydroxyl groups is 1. The Hall–Kier alpha value is -2.60. The van der Waals surface area contributed by atoms with E-state index in [9.17, 15) is 5.11 Å². The maximum atomic E-state index is 10.6. The van der Waals surface area contributed by atoms with Gasteiger partial charge in [-0.3, -0.25) is 15.4 Å². The minimum absolute atomic E-state index is 0.100. The number of pyridine rings is 2. The standard InChI is InChI=1S/C25H33N5O/c1-17-15-19(11-14-27-17)23-20-9-5-4-6-10-21(20)28-24(22(23)18(2)29-30-26-3)25(16-31)12-7-8-13-25/h11,14-15,31H,2,4-10,12-13,16H2,1,3H3,(H,26,29). The molecule has 164 valence electrons. The normalized spacial score (nSPS) is 18.0. The summed E-state index contributed by atoms with van der Waals surface area (Å²) < 4.78 is 0. The number of hydrogen-bond donors (Lipinski definition) is 2. The summed E-state index contributed by atoms with van der Waals surface area (Å²) >= 11 is 0. The fraction of sp³-hybridized carbons (Fsp3) is 0.520. The van der Waals surface area contributed by atoms with Gasteiger partial charge in [0.2, 0.25) is 0 Å². The van der Waals surface area contributed by atoms with Gasteiger partial charge >= 0.3 is 0 Å². The predicted octanol–water partition coefficient (Wildman–Crippen LogP) is 5.08. The summed E-state index contributed by atoms with van der Waals surface area (Å²) in [4.78, 5) is 9.71. The van der Waals surface area contributed by atoms with Crippen LogP contribution in [0.1, 0.15) is 73.2 Å². The molecule has 1 fully saturated rings. The van der Waals surface area contributed by atoms with Crippen molar-refractivity contribution in [2.75, 3.05) is 13.7 Å². The van der Waals surface area contributed by atoms with Gasteiger partial charge in [0.05, 0.1) is 25.0 Å². The molecule has 0 unspecified atom stereocenters. The number of nitrogens with one attached hydrogen (secondary N) is 1. The maximum Gasteiger partial charge on any atom is 0.0604 e. The van der Waals surface area contributed by atoms with Gasteiger partial charge in [0.15, 0.2) is 0 Å². The number of aromatic nitrogens is 2. The van der Waals surface area contributed by atoms with Gasteiger partial charge in [-0.25, -0.2) is 0 Å². The Labute approximate surface area is 184 Å². The molecule has 31 heavy (non-hydrogen) atoms. The van der Waals surface area contributed by atoms with Gasteiger partial charge in [0.1, 0.15) is 0 Å². The average molecular weight is 420 g/mol. The van der Waals surface area contributed by atoms with Crippen LogP contribution in [0.25, 0.3) is 16.8 Å². The van der Waals surface area contributed by atoms with E-state index in [1.54, 1.807) is 7.05 Å². The second-order valence-electron chi connectivity index (χ2n) is 8.92. The van der Waals surface area contributed by atoms with Crippen LogP contribution in [0.15, 0.2) is 35.2 Å². The summed E-state index contributed by atoms with van der Waals surface area (Å²) in [5.74, 6) is 0. The van der Waals surface area contributed by atoms with Crippen LogP contribution in [0.4, 0.5) is 0 Å². The molecule has 2 aromatic heterocycles. The average Bonchev–Trinajstić information content (AvgIpc) is 3.15. The Bertz CT molecular complexity index is 992. The van der Waals surface area contributed by atoms with Gasteiger partial charge in [-0.1, -0.05) is 31.1 Å². The highest BCUT2D eigenvalue weighted by Crippen LogP contribution is 2.46. The SMILES string of the molecule is C=C(NN=NC)c1c(C2(CO)CCCC2)nc2c(c1-c1ccnc(C)c1)CCCCC2. The Morgan fingerprint density at radius 2 is 1.97 bits per heavy atom. The fourth-order valence-corrected chi connectivity index (χ4v) is 5.30. The van der Waals surface area contributed by atoms with Gasteiger partial charge in [-0.15, -0.1) is 0 Å². The molecule has 0 aromatic carbocycles. The first kappa shape index (κ1) is 21.6. The lowest BCUT2D eigenvalue weighted by Gasteiger charge is -2.32. The molecule has 6 nitrogen and oxygen atoms in total. The Morgan fingerprint density at radius 1 is 1.19 bits per heavy atom. The summed E-state index contributed by atoms with van der Waals surface area (Å²) in [7, 11) is 1.63. The van der Waals surface area contributed by atoms with Crippen molar-refractivity contribution in [2.24, 2.45) is 10.3 Å². The van der Waals surface area contributed by atoms with E-state index in [0.717, 1.165) is 73.9 Å². The zero-order valence-corrected chi connectivity index (χ0v) is 18.7. The summed E-state index contributed by atoms with van der Waals surface area (Å²) in [6.07, 6.45) is 11.5. The number of nitrogens with zero attached hydrogens (tertiary/aromatic N) is 4. The van der Waals surface area contributed by atoms with E-state index in [-0.39, 0.29) is 12.0 Å². The monoisotopic (exact) mass is 419 g/mol. The van der Waals surface area contributed by atoms with E-state index in [0.29, 0.717) is 5.70 Å². The van der Waals surface area contributed by atoms with E-state index in [2.05, 4.69) is 39.5 Å². The van der Waals surface area contributed by atoms with Crippen LogP contribution >= 0.6 is 0 Å². The van der Waals surface area contributed by atoms with Gasteiger partial charge in [-0.05, 0) is 74.3 Å². The third kappa shape index (κ3) is 4.13. The van der Waals surface area contributed by atoms with Crippen LogP contribution in [-0.4, -0.2) is 28.7 Å². The molecule has 2 aromatic rings. The summed E-state index contributed by atoms with van der Waals surface area (Å²) in [5, 5.41) is 18.5. The van der Waals surface area contributed by atoms with Crippen LogP contribution in [0, 0.1) is 6.92 Å². The molecule has 0 atom stereocenters. The minimum atomic E-state index is -0.332. The lowest BCUT2D eigenvalue weighted by molar-refractivity contribution is 0.192. The van der Waals surface area contributed by atoms with Crippen LogP contribution in [0.2, 0.25) is 0 Å². The smallest absolute Gasteiger partial charge is 0.0604 e. The number of hydrogen-bond acceptors (Lipinski definition) is 5. The maximum absolute atomic E-state index is 10.6. The Morgan fingerprint density at radius 3 is 2.68 bits per heavy atom. The van der Waals surface area contributed by atoms with Crippen molar-refractivity contribution in [1.29, 1.82) is 0 Å². The molecule has 0 bridgehead atoms. The molecule has 6 heteroatoms. The molecular formula is C25H33N5O. The molecule has 2 aliphatic rings. The van der Waals surface area contributed by atoms with E-state index < -0.39 is 0 Å². The third-order valence-electron chi connectivity index (χ3n) is 6.86. The number of aliphatic hydroxyl groups excluding tert-OH is 1. The van der Waals surface area contributed by atoms with Gasteiger partial charge < -0.3 is 5.11 Å². The zero-order chi connectivity index (χ0) is 21.8. The van der Waals surface area contributed by atoms with E-state index in [1.807, 2.05) is 13.1 Å². The molecule has 4 rings (SSSR count). The summed E-state index contributed by atoms with van der Waals surface area (Å²) in [6, 6.07) is 4.22. The number of rotatable bonds is 6. The second-order valence-corrected chi connectivity index (χ2v) is 8.92. The van der Waals surface area contributed by atoms with Crippen LogP contribution in [-0.2, 0) is 18.3 Å². The van der Waals surface area contributed by atoms with Gasteiger partial charge in [-0.2, -0.15) is 5.11 Å². The molecule has 2 N–H and O–H groups in total. The van der Waals surface area contributed by atoms with Crippen molar-refractivity contribution in [3.63, 3.8) is 0 Å². The minimum Gasteiger partial charge on any atom is -0.395 e. The highest BCUT2D eigenvalue weighted by Gasteiger charge is 2.40. The lowest BCUT2D eigenvalue weighted by Crippen LogP contribution is -2.31. The highest BCUT2D eigenvalue weighted by atomic mass is 16.3. The van der Waals surface area contributed by atoms with Crippen molar-refractivity contribution in [2.45, 2.75) is 70.1 Å². The summed E-state index contributed by atoms with van der Waals surface area (Å²) in [5.41, 5.74) is 11.1. The predicted molar refractivity (Wildman–Crippen MR) is 124 cm³/mol. The van der Waals surface area contributed by atoms with Crippen molar-refractivity contribution >= 4 is 5.70 Å². The topological polar surface area (TPSA) is 82.8 Å². The Kier molecular flexibility index (Phi) is 6.46. The molecule has 0 spiro atoms. The number of fused-ring (bicyclic) bond motifs is 1. The molecule has 2 heterocycles. The van der Waals surface area contributed by atoms with Crippen molar-refractivity contribution in [3.05, 3.63) is 53.1 Å². The van der Waals surface area contributed by atoms with E-state index >= 15 is 0 Å². The molecule has 0 saturated heterocycles. The largest absolute Gasteiger partial charge is 0.395 e.